The van der Waals surface area contributed by atoms with E-state index in [2.05, 4.69) is 19.2 Å². The van der Waals surface area contributed by atoms with Crippen molar-refractivity contribution in [3.8, 4) is 0 Å². The second-order valence-electron chi connectivity index (χ2n) is 4.92. The molecule has 1 saturated heterocycles. The zero-order valence-electron chi connectivity index (χ0n) is 8.47. The van der Waals surface area contributed by atoms with Gasteiger partial charge >= 0.3 is 6.03 Å². The summed E-state index contributed by atoms with van der Waals surface area (Å²) in [5, 5.41) is 2.88. The molecule has 1 aliphatic carbocycles. The van der Waals surface area contributed by atoms with Crippen LogP contribution < -0.4 is 5.32 Å². The van der Waals surface area contributed by atoms with E-state index in [1.54, 1.807) is 0 Å². The highest BCUT2D eigenvalue weighted by atomic mass is 16.2. The van der Waals surface area contributed by atoms with Crippen molar-refractivity contribution < 1.29 is 4.79 Å². The lowest BCUT2D eigenvalue weighted by Crippen LogP contribution is -2.47. The molecule has 13 heavy (non-hydrogen) atoms. The number of nitrogens with one attached hydrogen (secondary N) is 1. The lowest BCUT2D eigenvalue weighted by molar-refractivity contribution is 0.181. The summed E-state index contributed by atoms with van der Waals surface area (Å²) < 4.78 is 0. The highest BCUT2D eigenvalue weighted by Gasteiger charge is 2.46. The van der Waals surface area contributed by atoms with E-state index in [-0.39, 0.29) is 6.03 Å². The number of carbonyl (C=O) groups is 1. The van der Waals surface area contributed by atoms with Gasteiger partial charge in [0.25, 0.3) is 0 Å². The zero-order chi connectivity index (χ0) is 9.47. The zero-order valence-corrected chi connectivity index (χ0v) is 8.47. The summed E-state index contributed by atoms with van der Waals surface area (Å²) in [4.78, 5) is 13.3. The van der Waals surface area contributed by atoms with Gasteiger partial charge in [-0.2, -0.15) is 0 Å². The summed E-state index contributed by atoms with van der Waals surface area (Å²) in [6.07, 6.45) is 2.37. The highest BCUT2D eigenvalue weighted by molar-refractivity contribution is 5.74. The van der Waals surface area contributed by atoms with Gasteiger partial charge in [0.1, 0.15) is 0 Å². The van der Waals surface area contributed by atoms with Crippen molar-refractivity contribution >= 4 is 6.03 Å². The molecule has 3 nitrogen and oxygen atoms in total. The number of amides is 2. The minimum atomic E-state index is 0.133. The van der Waals surface area contributed by atoms with Crippen LogP contribution in [0.15, 0.2) is 0 Å². The number of nitrogens with zero attached hydrogens (tertiary/aromatic N) is 1. The number of rotatable bonds is 2. The van der Waals surface area contributed by atoms with Gasteiger partial charge in [0.05, 0.1) is 0 Å². The fraction of sp³-hybridized carbons (Fsp3) is 0.900. The van der Waals surface area contributed by atoms with Gasteiger partial charge in [-0.3, -0.25) is 0 Å². The van der Waals surface area contributed by atoms with E-state index < -0.39 is 0 Å². The van der Waals surface area contributed by atoms with Crippen molar-refractivity contribution in [3.63, 3.8) is 0 Å². The van der Waals surface area contributed by atoms with Crippen LogP contribution in [0.1, 0.15) is 26.7 Å². The molecule has 1 aliphatic heterocycles. The third kappa shape index (κ3) is 1.79. The molecule has 3 heteroatoms. The molecule has 1 heterocycles. The standard InChI is InChI=1S/C10H18N2O/c1-10(2)6-8(10)7-12-5-3-4-11-9(12)13/h8H,3-7H2,1-2H3,(H,11,13). The number of hydrogen-bond acceptors (Lipinski definition) is 1. The monoisotopic (exact) mass is 182 g/mol. The lowest BCUT2D eigenvalue weighted by atomic mass is 10.1. The predicted molar refractivity (Wildman–Crippen MR) is 51.5 cm³/mol. The maximum absolute atomic E-state index is 11.4. The summed E-state index contributed by atoms with van der Waals surface area (Å²) in [6, 6.07) is 0.133. The highest BCUT2D eigenvalue weighted by Crippen LogP contribution is 2.51. The first kappa shape index (κ1) is 8.85. The van der Waals surface area contributed by atoms with E-state index >= 15 is 0 Å². The van der Waals surface area contributed by atoms with E-state index in [1.807, 2.05) is 4.90 Å². The average molecular weight is 182 g/mol. The Labute approximate surface area is 79.5 Å². The Morgan fingerprint density at radius 2 is 2.31 bits per heavy atom. The van der Waals surface area contributed by atoms with Crippen molar-refractivity contribution in [2.75, 3.05) is 19.6 Å². The van der Waals surface area contributed by atoms with Crippen LogP contribution in [0.5, 0.6) is 0 Å². The molecule has 0 aromatic carbocycles. The number of hydrogen-bond donors (Lipinski definition) is 1. The molecule has 74 valence electrons. The summed E-state index contributed by atoms with van der Waals surface area (Å²) in [5.74, 6) is 0.733. The van der Waals surface area contributed by atoms with Crippen LogP contribution in [0.25, 0.3) is 0 Å². The molecule has 0 bridgehead atoms. The summed E-state index contributed by atoms with van der Waals surface area (Å²) in [5.41, 5.74) is 0.484. The Morgan fingerprint density at radius 3 is 2.85 bits per heavy atom. The van der Waals surface area contributed by atoms with Gasteiger partial charge in [0.2, 0.25) is 0 Å². The van der Waals surface area contributed by atoms with Crippen molar-refractivity contribution in [2.24, 2.45) is 11.3 Å². The minimum absolute atomic E-state index is 0.133. The minimum Gasteiger partial charge on any atom is -0.338 e. The summed E-state index contributed by atoms with van der Waals surface area (Å²) >= 11 is 0. The van der Waals surface area contributed by atoms with Crippen molar-refractivity contribution in [1.82, 2.24) is 10.2 Å². The Kier molecular flexibility index (Phi) is 1.97. The number of carbonyl (C=O) groups excluding carboxylic acids is 1. The van der Waals surface area contributed by atoms with Crippen molar-refractivity contribution in [3.05, 3.63) is 0 Å². The molecule has 1 N–H and O–H groups in total. The van der Waals surface area contributed by atoms with E-state index in [9.17, 15) is 4.79 Å². The van der Waals surface area contributed by atoms with E-state index in [4.69, 9.17) is 0 Å². The van der Waals surface area contributed by atoms with E-state index in [0.29, 0.717) is 5.41 Å². The van der Waals surface area contributed by atoms with Gasteiger partial charge in [-0.05, 0) is 24.2 Å². The molecule has 0 radical (unpaired) electrons. The second-order valence-corrected chi connectivity index (χ2v) is 4.92. The predicted octanol–water partition coefficient (Wildman–Crippen LogP) is 1.45. The Hall–Kier alpha value is -0.730. The third-order valence-electron chi connectivity index (χ3n) is 3.33. The van der Waals surface area contributed by atoms with Gasteiger partial charge in [0, 0.05) is 19.6 Å². The van der Waals surface area contributed by atoms with Gasteiger partial charge in [-0.1, -0.05) is 13.8 Å². The van der Waals surface area contributed by atoms with E-state index in [1.165, 1.54) is 6.42 Å². The summed E-state index contributed by atoms with van der Waals surface area (Å²) in [6.45, 7) is 7.31. The van der Waals surface area contributed by atoms with Gasteiger partial charge < -0.3 is 10.2 Å². The third-order valence-corrected chi connectivity index (χ3v) is 3.33. The maximum atomic E-state index is 11.4. The molecule has 0 aromatic rings. The Bertz CT molecular complexity index is 225. The van der Waals surface area contributed by atoms with Gasteiger partial charge in [-0.15, -0.1) is 0 Å². The molecular formula is C10H18N2O. The molecule has 1 unspecified atom stereocenters. The number of urea groups is 1. The van der Waals surface area contributed by atoms with Gasteiger partial charge in [-0.25, -0.2) is 4.79 Å². The first-order valence-corrected chi connectivity index (χ1v) is 5.12. The maximum Gasteiger partial charge on any atom is 0.317 e. The van der Waals surface area contributed by atoms with E-state index in [0.717, 1.165) is 32.0 Å². The Morgan fingerprint density at radius 1 is 1.62 bits per heavy atom. The Balaban J connectivity index is 1.84. The molecule has 2 amide bonds. The fourth-order valence-electron chi connectivity index (χ4n) is 2.01. The van der Waals surface area contributed by atoms with Crippen molar-refractivity contribution in [2.45, 2.75) is 26.7 Å². The lowest BCUT2D eigenvalue weighted by Gasteiger charge is -2.27. The van der Waals surface area contributed by atoms with Crippen LogP contribution in [0, 0.1) is 11.3 Å². The normalized spacial score (nSPS) is 31.4. The molecule has 1 atom stereocenters. The largest absolute Gasteiger partial charge is 0.338 e. The molecule has 2 aliphatic rings. The molecular weight excluding hydrogens is 164 g/mol. The van der Waals surface area contributed by atoms with Crippen LogP contribution in [-0.2, 0) is 0 Å². The molecule has 2 rings (SSSR count). The first-order chi connectivity index (χ1) is 6.09. The summed E-state index contributed by atoms with van der Waals surface area (Å²) in [7, 11) is 0. The molecule has 2 fully saturated rings. The SMILES string of the molecule is CC1(C)CC1CN1CCCNC1=O. The fourth-order valence-corrected chi connectivity index (χ4v) is 2.01. The van der Waals surface area contributed by atoms with Crippen molar-refractivity contribution in [1.29, 1.82) is 0 Å². The smallest absolute Gasteiger partial charge is 0.317 e. The quantitative estimate of drug-likeness (QED) is 0.688. The van der Waals surface area contributed by atoms with Crippen LogP contribution in [0.4, 0.5) is 4.79 Å². The average Bonchev–Trinajstić information content (AvgIpc) is 2.64. The molecule has 0 spiro atoms. The van der Waals surface area contributed by atoms with Crippen LogP contribution in [0.3, 0.4) is 0 Å². The first-order valence-electron chi connectivity index (χ1n) is 5.12. The van der Waals surface area contributed by atoms with Crippen LogP contribution >= 0.6 is 0 Å². The van der Waals surface area contributed by atoms with Crippen LogP contribution in [0.2, 0.25) is 0 Å². The molecule has 0 aromatic heterocycles. The van der Waals surface area contributed by atoms with Gasteiger partial charge in [0.15, 0.2) is 0 Å². The second kappa shape index (κ2) is 2.89. The van der Waals surface area contributed by atoms with Crippen LogP contribution in [-0.4, -0.2) is 30.6 Å². The topological polar surface area (TPSA) is 32.3 Å². The molecule has 1 saturated carbocycles.